The van der Waals surface area contributed by atoms with Crippen LogP contribution in [0.3, 0.4) is 0 Å². The van der Waals surface area contributed by atoms with Crippen LogP contribution in [0.15, 0.2) is 89.1 Å². The molecule has 9 nitrogen and oxygen atoms in total. The van der Waals surface area contributed by atoms with Gasteiger partial charge in [0.1, 0.15) is 5.75 Å². The van der Waals surface area contributed by atoms with Crippen LogP contribution in [-0.2, 0) is 9.63 Å². The van der Waals surface area contributed by atoms with E-state index in [0.717, 1.165) is 22.6 Å². The molecule has 0 fully saturated rings. The number of nitro benzene ring substituents is 1. The van der Waals surface area contributed by atoms with Gasteiger partial charge in [0.25, 0.3) is 11.6 Å². The van der Waals surface area contributed by atoms with Gasteiger partial charge in [-0.2, -0.15) is 5.10 Å². The maximum absolute atomic E-state index is 13.0. The van der Waals surface area contributed by atoms with E-state index in [2.05, 4.69) is 10.3 Å². The Morgan fingerprint density at radius 1 is 1.12 bits per heavy atom. The molecule has 1 aliphatic rings. The molecule has 1 amide bonds. The fourth-order valence-corrected chi connectivity index (χ4v) is 3.65. The highest BCUT2D eigenvalue weighted by molar-refractivity contribution is 6.03. The fourth-order valence-electron chi connectivity index (χ4n) is 3.65. The summed E-state index contributed by atoms with van der Waals surface area (Å²) in [6, 6.07) is 23.0. The summed E-state index contributed by atoms with van der Waals surface area (Å²) in [5.74, 6) is 0.336. The Morgan fingerprint density at radius 3 is 2.53 bits per heavy atom. The van der Waals surface area contributed by atoms with E-state index in [1.54, 1.807) is 25.3 Å². The number of para-hydroxylation sites is 1. The smallest absolute Gasteiger partial charge is 0.283 e. The van der Waals surface area contributed by atoms with E-state index in [1.807, 2.05) is 54.6 Å². The van der Waals surface area contributed by atoms with Gasteiger partial charge < -0.3 is 9.57 Å². The standard InChI is InChI=1S/C25H22N4O5/c1-33-21-13-11-19(12-14-21)24-15-22(18-7-3-2-4-8-18)27-28(24)25(30)17-34-26-16-20-9-5-6-10-23(20)29(31)32/h2-14,16,24H,15,17H2,1H3/b26-16+. The van der Waals surface area contributed by atoms with Gasteiger partial charge in [-0.05, 0) is 29.3 Å². The minimum Gasteiger partial charge on any atom is -0.497 e. The number of amides is 1. The zero-order valence-electron chi connectivity index (χ0n) is 18.4. The number of rotatable bonds is 8. The minimum absolute atomic E-state index is 0.0996. The van der Waals surface area contributed by atoms with E-state index in [-0.39, 0.29) is 29.8 Å². The van der Waals surface area contributed by atoms with E-state index in [9.17, 15) is 14.9 Å². The van der Waals surface area contributed by atoms with E-state index in [1.165, 1.54) is 17.3 Å². The number of nitrogens with zero attached hydrogens (tertiary/aromatic N) is 4. The van der Waals surface area contributed by atoms with Gasteiger partial charge >= 0.3 is 0 Å². The SMILES string of the molecule is COc1ccc(C2CC(c3ccccc3)=NN2C(=O)CO/N=C/c2ccccc2[N+](=O)[O-])cc1. The van der Waals surface area contributed by atoms with Crippen molar-refractivity contribution in [2.75, 3.05) is 13.7 Å². The van der Waals surface area contributed by atoms with Crippen LogP contribution in [0.2, 0.25) is 0 Å². The number of carbonyl (C=O) groups excluding carboxylic acids is 1. The van der Waals surface area contributed by atoms with Crippen LogP contribution in [0.5, 0.6) is 5.75 Å². The summed E-state index contributed by atoms with van der Waals surface area (Å²) in [4.78, 5) is 28.8. The maximum Gasteiger partial charge on any atom is 0.283 e. The highest BCUT2D eigenvalue weighted by Crippen LogP contribution is 2.33. The fraction of sp³-hybridized carbons (Fsp3) is 0.160. The average Bonchev–Trinajstić information content (AvgIpc) is 3.33. The second-order valence-corrected chi connectivity index (χ2v) is 7.47. The lowest BCUT2D eigenvalue weighted by Crippen LogP contribution is -2.30. The van der Waals surface area contributed by atoms with Crippen molar-refractivity contribution in [1.82, 2.24) is 5.01 Å². The van der Waals surface area contributed by atoms with Crippen LogP contribution in [-0.4, -0.2) is 41.5 Å². The van der Waals surface area contributed by atoms with Crippen LogP contribution in [0.4, 0.5) is 5.69 Å². The van der Waals surface area contributed by atoms with Crippen molar-refractivity contribution in [1.29, 1.82) is 0 Å². The summed E-state index contributed by atoms with van der Waals surface area (Å²) in [6.07, 6.45) is 1.76. The quantitative estimate of drug-likeness (QED) is 0.284. The van der Waals surface area contributed by atoms with Gasteiger partial charge in [0, 0.05) is 12.5 Å². The summed E-state index contributed by atoms with van der Waals surface area (Å²) in [7, 11) is 1.60. The lowest BCUT2D eigenvalue weighted by molar-refractivity contribution is -0.385. The molecule has 0 aliphatic carbocycles. The molecule has 0 aromatic heterocycles. The van der Waals surface area contributed by atoms with Crippen molar-refractivity contribution >= 4 is 23.5 Å². The summed E-state index contributed by atoms with van der Waals surface area (Å²) < 4.78 is 5.23. The first-order valence-corrected chi connectivity index (χ1v) is 10.5. The molecule has 4 rings (SSSR count). The number of benzene rings is 3. The molecule has 1 heterocycles. The topological polar surface area (TPSA) is 107 Å². The second kappa shape index (κ2) is 10.4. The first-order valence-electron chi connectivity index (χ1n) is 10.5. The molecule has 1 unspecified atom stereocenters. The number of hydrogen-bond acceptors (Lipinski definition) is 7. The maximum atomic E-state index is 13.0. The zero-order chi connectivity index (χ0) is 23.9. The number of nitro groups is 1. The van der Waals surface area contributed by atoms with Crippen molar-refractivity contribution in [3.05, 3.63) is 106 Å². The molecule has 9 heteroatoms. The summed E-state index contributed by atoms with van der Waals surface area (Å²) in [5, 5.41) is 20.9. The van der Waals surface area contributed by atoms with Crippen molar-refractivity contribution in [2.45, 2.75) is 12.5 Å². The van der Waals surface area contributed by atoms with Crippen LogP contribution < -0.4 is 4.74 Å². The third-order valence-electron chi connectivity index (χ3n) is 5.36. The van der Waals surface area contributed by atoms with E-state index < -0.39 is 4.92 Å². The van der Waals surface area contributed by atoms with Crippen molar-refractivity contribution in [3.8, 4) is 5.75 Å². The molecule has 0 bridgehead atoms. The monoisotopic (exact) mass is 458 g/mol. The lowest BCUT2D eigenvalue weighted by atomic mass is 9.98. The van der Waals surface area contributed by atoms with Gasteiger partial charge in [0.05, 0.1) is 35.6 Å². The van der Waals surface area contributed by atoms with E-state index in [4.69, 9.17) is 9.57 Å². The number of hydrogen-bond donors (Lipinski definition) is 0. The molecule has 0 radical (unpaired) electrons. The number of ether oxygens (including phenoxy) is 1. The van der Waals surface area contributed by atoms with Gasteiger partial charge in [0.2, 0.25) is 0 Å². The Hall–Kier alpha value is -4.53. The normalized spacial score (nSPS) is 15.3. The van der Waals surface area contributed by atoms with Crippen LogP contribution in [0.25, 0.3) is 0 Å². The van der Waals surface area contributed by atoms with Crippen molar-refractivity contribution < 1.29 is 19.3 Å². The summed E-state index contributed by atoms with van der Waals surface area (Å²) >= 11 is 0. The van der Waals surface area contributed by atoms with Crippen molar-refractivity contribution in [3.63, 3.8) is 0 Å². The summed E-state index contributed by atoms with van der Waals surface area (Å²) in [5.41, 5.74) is 2.82. The van der Waals surface area contributed by atoms with E-state index in [0.29, 0.717) is 6.42 Å². The second-order valence-electron chi connectivity index (χ2n) is 7.47. The number of oxime groups is 1. The molecule has 0 saturated carbocycles. The van der Waals surface area contributed by atoms with E-state index >= 15 is 0 Å². The molecule has 0 spiro atoms. The summed E-state index contributed by atoms with van der Waals surface area (Å²) in [6.45, 7) is -0.366. The molecule has 3 aromatic carbocycles. The first-order chi connectivity index (χ1) is 16.6. The molecule has 34 heavy (non-hydrogen) atoms. The van der Waals surface area contributed by atoms with Gasteiger partial charge in [0.15, 0.2) is 6.61 Å². The Morgan fingerprint density at radius 2 is 1.82 bits per heavy atom. The average molecular weight is 458 g/mol. The highest BCUT2D eigenvalue weighted by Gasteiger charge is 2.33. The van der Waals surface area contributed by atoms with Gasteiger partial charge in [-0.25, -0.2) is 5.01 Å². The van der Waals surface area contributed by atoms with Crippen LogP contribution in [0.1, 0.15) is 29.2 Å². The highest BCUT2D eigenvalue weighted by atomic mass is 16.6. The zero-order valence-corrected chi connectivity index (χ0v) is 18.4. The predicted molar refractivity (Wildman–Crippen MR) is 127 cm³/mol. The Labute approximate surface area is 196 Å². The minimum atomic E-state index is -0.504. The molecule has 1 aliphatic heterocycles. The number of carbonyl (C=O) groups is 1. The third-order valence-corrected chi connectivity index (χ3v) is 5.36. The molecule has 3 aromatic rings. The Bertz CT molecular complexity index is 1230. The van der Waals surface area contributed by atoms with Gasteiger partial charge in [-0.15, -0.1) is 0 Å². The molecule has 0 saturated heterocycles. The third kappa shape index (κ3) is 5.09. The predicted octanol–water partition coefficient (Wildman–Crippen LogP) is 4.33. The molecule has 0 N–H and O–H groups in total. The molecular weight excluding hydrogens is 436 g/mol. The molecule has 1 atom stereocenters. The molecular formula is C25H22N4O5. The first kappa shape index (κ1) is 22.7. The van der Waals surface area contributed by atoms with Gasteiger partial charge in [-0.3, -0.25) is 14.9 Å². The largest absolute Gasteiger partial charge is 0.497 e. The molecule has 172 valence electrons. The van der Waals surface area contributed by atoms with Gasteiger partial charge in [-0.1, -0.05) is 59.8 Å². The van der Waals surface area contributed by atoms with Crippen LogP contribution in [0, 0.1) is 10.1 Å². The van der Waals surface area contributed by atoms with Crippen LogP contribution >= 0.6 is 0 Å². The number of hydrazone groups is 1. The number of methoxy groups -OCH3 is 1. The Kier molecular flexibility index (Phi) is 6.92. The van der Waals surface area contributed by atoms with Crippen molar-refractivity contribution in [2.24, 2.45) is 10.3 Å². The lowest BCUT2D eigenvalue weighted by Gasteiger charge is -2.21. The Balaban J connectivity index is 1.50.